The van der Waals surface area contributed by atoms with Gasteiger partial charge in [0.15, 0.2) is 10.9 Å². The molecular weight excluding hydrogens is 484 g/mol. The number of benzene rings is 1. The molecule has 3 aromatic heterocycles. The molecule has 4 heterocycles. The molecule has 9 nitrogen and oxygen atoms in total. The highest BCUT2D eigenvalue weighted by Crippen LogP contribution is 2.32. The largest absolute Gasteiger partial charge is 0.423 e. The second kappa shape index (κ2) is 10.6. The summed E-state index contributed by atoms with van der Waals surface area (Å²) in [6, 6.07) is 9.36. The van der Waals surface area contributed by atoms with Gasteiger partial charge in [0.1, 0.15) is 5.75 Å². The molecule has 1 saturated heterocycles. The van der Waals surface area contributed by atoms with Crippen LogP contribution in [0.15, 0.2) is 48.9 Å². The first-order valence-corrected chi connectivity index (χ1v) is 12.4. The third kappa shape index (κ3) is 6.09. The maximum atomic E-state index is 6.20. The zero-order chi connectivity index (χ0) is 24.2. The number of halogens is 1. The fraction of sp³-hybridized carbons (Fsp3) is 0.292. The quantitative estimate of drug-likeness (QED) is 0.383. The van der Waals surface area contributed by atoms with Crippen LogP contribution in [0.25, 0.3) is 10.6 Å². The van der Waals surface area contributed by atoms with Crippen LogP contribution in [0, 0.1) is 6.92 Å². The van der Waals surface area contributed by atoms with Crippen LogP contribution in [0.3, 0.4) is 0 Å². The van der Waals surface area contributed by atoms with E-state index in [2.05, 4.69) is 47.1 Å². The number of ether oxygens (including phenoxy) is 1. The van der Waals surface area contributed by atoms with E-state index in [0.717, 1.165) is 54.7 Å². The maximum absolute atomic E-state index is 6.20. The minimum Gasteiger partial charge on any atom is -0.423 e. The predicted molar refractivity (Wildman–Crippen MR) is 137 cm³/mol. The van der Waals surface area contributed by atoms with Crippen molar-refractivity contribution < 1.29 is 4.74 Å². The van der Waals surface area contributed by atoms with E-state index in [1.807, 2.05) is 31.3 Å². The smallest absolute Gasteiger partial charge is 0.322 e. The molecule has 1 fully saturated rings. The van der Waals surface area contributed by atoms with E-state index < -0.39 is 0 Å². The minimum atomic E-state index is 0.234. The molecule has 0 radical (unpaired) electrons. The molecule has 0 atom stereocenters. The Kier molecular flexibility index (Phi) is 7.14. The molecule has 4 aromatic rings. The van der Waals surface area contributed by atoms with Gasteiger partial charge in [-0.2, -0.15) is 4.98 Å². The van der Waals surface area contributed by atoms with Crippen molar-refractivity contribution in [3.8, 4) is 22.3 Å². The summed E-state index contributed by atoms with van der Waals surface area (Å²) >= 11 is 7.67. The Hall–Kier alpha value is -3.18. The van der Waals surface area contributed by atoms with Crippen molar-refractivity contribution in [2.24, 2.45) is 0 Å². The molecular formula is C24H25ClN8OS. The van der Waals surface area contributed by atoms with Crippen LogP contribution in [0.2, 0.25) is 5.02 Å². The van der Waals surface area contributed by atoms with Gasteiger partial charge in [-0.05, 0) is 32.2 Å². The molecule has 1 aliphatic rings. The zero-order valence-corrected chi connectivity index (χ0v) is 21.1. The lowest BCUT2D eigenvalue weighted by atomic mass is 10.3. The molecule has 5 rings (SSSR count). The van der Waals surface area contributed by atoms with Crippen molar-refractivity contribution in [2.75, 3.05) is 38.5 Å². The number of hydrogen-bond acceptors (Lipinski definition) is 10. The molecule has 0 amide bonds. The number of likely N-dealkylation sites (N-methyl/N-ethyl adjacent to an activating group) is 1. The van der Waals surface area contributed by atoms with E-state index in [9.17, 15) is 0 Å². The fourth-order valence-electron chi connectivity index (χ4n) is 3.63. The minimum absolute atomic E-state index is 0.234. The number of hydrogen-bond donors (Lipinski definition) is 1. The third-order valence-corrected chi connectivity index (χ3v) is 6.80. The van der Waals surface area contributed by atoms with Crippen LogP contribution in [0.5, 0.6) is 11.8 Å². The number of nitrogens with one attached hydrogen (secondary N) is 1. The van der Waals surface area contributed by atoms with Crippen LogP contribution in [-0.4, -0.2) is 67.9 Å². The lowest BCUT2D eigenvalue weighted by molar-refractivity contribution is 0.147. The van der Waals surface area contributed by atoms with Crippen molar-refractivity contribution in [1.82, 2.24) is 34.7 Å². The van der Waals surface area contributed by atoms with Gasteiger partial charge < -0.3 is 15.0 Å². The zero-order valence-electron chi connectivity index (χ0n) is 19.5. The molecule has 0 spiro atoms. The second-order valence-corrected chi connectivity index (χ2v) is 9.77. The number of thiazole rings is 1. The fourth-order valence-corrected chi connectivity index (χ4v) is 4.59. The Bertz CT molecular complexity index is 1290. The van der Waals surface area contributed by atoms with Crippen molar-refractivity contribution in [3.63, 3.8) is 0 Å². The van der Waals surface area contributed by atoms with Crippen molar-refractivity contribution in [1.29, 1.82) is 0 Å². The summed E-state index contributed by atoms with van der Waals surface area (Å²) in [5, 5.41) is 4.43. The second-order valence-electron chi connectivity index (χ2n) is 8.34. The van der Waals surface area contributed by atoms with Gasteiger partial charge in [-0.3, -0.25) is 9.88 Å². The Morgan fingerprint density at radius 2 is 1.86 bits per heavy atom. The van der Waals surface area contributed by atoms with E-state index in [1.165, 1.54) is 11.3 Å². The third-order valence-electron chi connectivity index (χ3n) is 5.55. The van der Waals surface area contributed by atoms with Crippen LogP contribution in [0.4, 0.5) is 10.9 Å². The summed E-state index contributed by atoms with van der Waals surface area (Å²) in [5.74, 6) is 1.15. The lowest BCUT2D eigenvalue weighted by Gasteiger charge is -2.31. The SMILES string of the molecule is Cc1cc(-c2cnc(Nc3cnc(CN4CCN(C)CC4)cn3)s2)nc(Oc2ccccc2Cl)n1. The first-order valence-electron chi connectivity index (χ1n) is 11.2. The first kappa shape index (κ1) is 23.6. The number of para-hydroxylation sites is 1. The molecule has 0 unspecified atom stereocenters. The number of aryl methyl sites for hydroxylation is 1. The topological polar surface area (TPSA) is 92.2 Å². The number of anilines is 2. The van der Waals surface area contributed by atoms with Crippen LogP contribution in [-0.2, 0) is 6.54 Å². The Morgan fingerprint density at radius 3 is 2.63 bits per heavy atom. The van der Waals surface area contributed by atoms with Crippen LogP contribution in [0.1, 0.15) is 11.4 Å². The normalized spacial score (nSPS) is 14.7. The highest BCUT2D eigenvalue weighted by atomic mass is 35.5. The molecule has 1 N–H and O–H groups in total. The summed E-state index contributed by atoms with van der Waals surface area (Å²) in [5.41, 5.74) is 2.46. The van der Waals surface area contributed by atoms with Gasteiger partial charge in [0, 0.05) is 44.6 Å². The molecule has 0 bridgehead atoms. The number of piperazine rings is 1. The van der Waals surface area contributed by atoms with Crippen molar-refractivity contribution in [3.05, 3.63) is 65.3 Å². The molecule has 0 aliphatic carbocycles. The highest BCUT2D eigenvalue weighted by Gasteiger charge is 2.15. The molecule has 11 heteroatoms. The van der Waals surface area contributed by atoms with Crippen molar-refractivity contribution >= 4 is 33.9 Å². The van der Waals surface area contributed by atoms with Crippen molar-refractivity contribution in [2.45, 2.75) is 13.5 Å². The Morgan fingerprint density at radius 1 is 1.03 bits per heavy atom. The monoisotopic (exact) mass is 508 g/mol. The van der Waals surface area contributed by atoms with Gasteiger partial charge in [0.05, 0.1) is 33.7 Å². The van der Waals surface area contributed by atoms with Gasteiger partial charge in [0.25, 0.3) is 0 Å². The van der Waals surface area contributed by atoms with Gasteiger partial charge in [-0.15, -0.1) is 0 Å². The standard InChI is InChI=1S/C24H25ClN8OS/c1-16-11-19(30-23(29-16)34-20-6-4-3-5-18(20)25)21-13-28-24(35-21)31-22-14-26-17(12-27-22)15-33-9-7-32(2)8-10-33/h3-6,11-14H,7-10,15H2,1-2H3,(H,27,28,31). The van der Waals surface area contributed by atoms with Gasteiger partial charge in [0.2, 0.25) is 0 Å². The van der Waals surface area contributed by atoms with E-state index in [4.69, 9.17) is 16.3 Å². The van der Waals surface area contributed by atoms with E-state index in [-0.39, 0.29) is 6.01 Å². The molecule has 1 aromatic carbocycles. The lowest BCUT2D eigenvalue weighted by Crippen LogP contribution is -2.44. The first-order chi connectivity index (χ1) is 17.0. The van der Waals surface area contributed by atoms with Gasteiger partial charge in [-0.1, -0.05) is 35.1 Å². The highest BCUT2D eigenvalue weighted by molar-refractivity contribution is 7.18. The van der Waals surface area contributed by atoms with Crippen LogP contribution < -0.4 is 10.1 Å². The molecule has 180 valence electrons. The average Bonchev–Trinajstić information content (AvgIpc) is 3.32. The van der Waals surface area contributed by atoms with Gasteiger partial charge in [-0.25, -0.2) is 15.0 Å². The summed E-state index contributed by atoms with van der Waals surface area (Å²) in [7, 11) is 2.15. The van der Waals surface area contributed by atoms with E-state index in [0.29, 0.717) is 21.7 Å². The van der Waals surface area contributed by atoms with Crippen LogP contribution >= 0.6 is 22.9 Å². The van der Waals surface area contributed by atoms with E-state index >= 15 is 0 Å². The van der Waals surface area contributed by atoms with Gasteiger partial charge >= 0.3 is 6.01 Å². The number of rotatable bonds is 7. The molecule has 1 aliphatic heterocycles. The summed E-state index contributed by atoms with van der Waals surface area (Å²) in [4.78, 5) is 28.1. The maximum Gasteiger partial charge on any atom is 0.322 e. The summed E-state index contributed by atoms with van der Waals surface area (Å²) in [6.45, 7) is 6.97. The molecule has 35 heavy (non-hydrogen) atoms. The van der Waals surface area contributed by atoms with E-state index in [1.54, 1.807) is 24.5 Å². The number of aromatic nitrogens is 5. The Balaban J connectivity index is 1.24. The predicted octanol–water partition coefficient (Wildman–Crippen LogP) is 4.64. The molecule has 0 saturated carbocycles. The summed E-state index contributed by atoms with van der Waals surface area (Å²) < 4.78 is 5.82. The average molecular weight is 509 g/mol. The summed E-state index contributed by atoms with van der Waals surface area (Å²) in [6.07, 6.45) is 5.33. The Labute approximate surface area is 212 Å². The number of nitrogens with zero attached hydrogens (tertiary/aromatic N) is 7.